The van der Waals surface area contributed by atoms with Gasteiger partial charge in [0.1, 0.15) is 0 Å². The molecule has 28 heavy (non-hydrogen) atoms. The molecule has 3 aliphatic heterocycles. The number of nitrogens with one attached hydrogen (secondary N) is 1. The van der Waals surface area contributed by atoms with Gasteiger partial charge in [0.15, 0.2) is 5.13 Å². The van der Waals surface area contributed by atoms with Gasteiger partial charge in [-0.05, 0) is 24.9 Å². The zero-order valence-corrected chi connectivity index (χ0v) is 18.2. The molecule has 9 heteroatoms. The fourth-order valence-corrected chi connectivity index (χ4v) is 5.36. The van der Waals surface area contributed by atoms with Crippen LogP contribution in [0.15, 0.2) is 28.5 Å². The Morgan fingerprint density at radius 2 is 1.96 bits per heavy atom. The molecule has 2 aromatic heterocycles. The summed E-state index contributed by atoms with van der Waals surface area (Å²) in [5.74, 6) is 1.11. The maximum Gasteiger partial charge on any atom is 0.255 e. The van der Waals surface area contributed by atoms with Crippen molar-refractivity contribution < 1.29 is 0 Å². The van der Waals surface area contributed by atoms with Crippen molar-refractivity contribution in [3.05, 3.63) is 45.3 Å². The van der Waals surface area contributed by atoms with Crippen LogP contribution in [0.5, 0.6) is 0 Å². The van der Waals surface area contributed by atoms with Crippen molar-refractivity contribution in [3.8, 4) is 0 Å². The minimum Gasteiger partial charge on any atom is -0.346 e. The van der Waals surface area contributed by atoms with E-state index in [0.717, 1.165) is 63.1 Å². The van der Waals surface area contributed by atoms with E-state index in [1.165, 1.54) is 12.1 Å². The fraction of sp³-hybridized carbons (Fsp3) is 0.579. The highest BCUT2D eigenvalue weighted by molar-refractivity contribution is 7.13. The highest BCUT2D eigenvalue weighted by atomic mass is 35.5. The lowest BCUT2D eigenvalue weighted by molar-refractivity contribution is 0.241. The molecule has 2 fully saturated rings. The minimum absolute atomic E-state index is 0. The predicted octanol–water partition coefficient (Wildman–Crippen LogP) is 2.18. The summed E-state index contributed by atoms with van der Waals surface area (Å²) in [6, 6.07) is 4.28. The number of anilines is 1. The van der Waals surface area contributed by atoms with Crippen molar-refractivity contribution in [2.45, 2.75) is 25.4 Å². The third kappa shape index (κ3) is 4.09. The smallest absolute Gasteiger partial charge is 0.255 e. The van der Waals surface area contributed by atoms with Gasteiger partial charge in [0.2, 0.25) is 0 Å². The normalized spacial score (nSPS) is 24.1. The van der Waals surface area contributed by atoms with Crippen LogP contribution in [0.3, 0.4) is 0 Å². The molecular formula is C19H27Cl2N5OS. The molecule has 0 aromatic carbocycles. The Labute approximate surface area is 181 Å². The van der Waals surface area contributed by atoms with Crippen molar-refractivity contribution in [3.63, 3.8) is 0 Å². The van der Waals surface area contributed by atoms with Gasteiger partial charge in [0.25, 0.3) is 5.56 Å². The van der Waals surface area contributed by atoms with Crippen LogP contribution in [0.2, 0.25) is 0 Å². The second-order valence-electron chi connectivity index (χ2n) is 7.73. The lowest BCUT2D eigenvalue weighted by Crippen LogP contribution is -2.48. The van der Waals surface area contributed by atoms with Gasteiger partial charge >= 0.3 is 0 Å². The van der Waals surface area contributed by atoms with Gasteiger partial charge < -0.3 is 14.8 Å². The van der Waals surface area contributed by atoms with Gasteiger partial charge in [-0.15, -0.1) is 36.2 Å². The van der Waals surface area contributed by atoms with Crippen LogP contribution in [0.25, 0.3) is 0 Å². The Balaban J connectivity index is 0.00000112. The molecule has 6 nitrogen and oxygen atoms in total. The third-order valence-corrected chi connectivity index (χ3v) is 6.88. The summed E-state index contributed by atoms with van der Waals surface area (Å²) in [5.41, 5.74) is 2.42. The largest absolute Gasteiger partial charge is 0.346 e. The average molecular weight is 444 g/mol. The minimum atomic E-state index is 0. The van der Waals surface area contributed by atoms with Gasteiger partial charge in [-0.1, -0.05) is 6.07 Å². The number of halogens is 2. The molecule has 2 aromatic rings. The lowest BCUT2D eigenvalue weighted by atomic mass is 9.84. The summed E-state index contributed by atoms with van der Waals surface area (Å²) in [6.45, 7) is 7.62. The van der Waals surface area contributed by atoms with Gasteiger partial charge in [0, 0.05) is 74.6 Å². The summed E-state index contributed by atoms with van der Waals surface area (Å²) in [7, 11) is 0. The lowest BCUT2D eigenvalue weighted by Gasteiger charge is -2.38. The number of hydrogen-bond donors (Lipinski definition) is 1. The van der Waals surface area contributed by atoms with Crippen molar-refractivity contribution in [2.24, 2.45) is 5.92 Å². The predicted molar refractivity (Wildman–Crippen MR) is 119 cm³/mol. The zero-order chi connectivity index (χ0) is 17.5. The Morgan fingerprint density at radius 3 is 2.71 bits per heavy atom. The number of rotatable bonds is 3. The second-order valence-corrected chi connectivity index (χ2v) is 8.61. The molecular weight excluding hydrogens is 417 g/mol. The van der Waals surface area contributed by atoms with Gasteiger partial charge in [-0.2, -0.15) is 0 Å². The topological polar surface area (TPSA) is 53.4 Å². The molecule has 0 amide bonds. The molecule has 5 rings (SSSR count). The standard InChI is InChI=1S/C19H25N5OS.2ClH/c25-18-15(1-2-17-16-9-14(10-20-11-16)12-24(17)18)13-22-4-6-23(7-5-22)19-21-3-8-26-19;;/h1-3,8,14,16,20H,4-7,9-13H2;2*1H/t14-,16+;;/m0../s1. The van der Waals surface area contributed by atoms with Crippen LogP contribution in [-0.4, -0.2) is 53.7 Å². The molecule has 0 spiro atoms. The van der Waals surface area contributed by atoms with Crippen molar-refractivity contribution in [2.75, 3.05) is 44.2 Å². The number of hydrogen-bond acceptors (Lipinski definition) is 6. The number of pyridine rings is 1. The number of thiazole rings is 1. The van der Waals surface area contributed by atoms with E-state index in [2.05, 4.69) is 36.8 Å². The van der Waals surface area contributed by atoms with Crippen molar-refractivity contribution in [1.29, 1.82) is 0 Å². The van der Waals surface area contributed by atoms with E-state index in [-0.39, 0.29) is 30.4 Å². The van der Waals surface area contributed by atoms with Crippen LogP contribution >= 0.6 is 36.2 Å². The quantitative estimate of drug-likeness (QED) is 0.787. The van der Waals surface area contributed by atoms with Crippen LogP contribution in [0, 0.1) is 5.92 Å². The summed E-state index contributed by atoms with van der Waals surface area (Å²) in [4.78, 5) is 22.2. The van der Waals surface area contributed by atoms with E-state index in [1.807, 2.05) is 11.6 Å². The Morgan fingerprint density at radius 1 is 1.14 bits per heavy atom. The number of piperazine rings is 1. The number of aromatic nitrogens is 2. The van der Waals surface area contributed by atoms with E-state index in [4.69, 9.17) is 0 Å². The first-order valence-corrected chi connectivity index (χ1v) is 10.5. The fourth-order valence-electron chi connectivity index (χ4n) is 4.67. The van der Waals surface area contributed by atoms with Gasteiger partial charge in [0.05, 0.1) is 0 Å². The third-order valence-electron chi connectivity index (χ3n) is 6.04. The summed E-state index contributed by atoms with van der Waals surface area (Å²) < 4.78 is 2.07. The van der Waals surface area contributed by atoms with E-state index in [1.54, 1.807) is 11.3 Å². The monoisotopic (exact) mass is 443 g/mol. The van der Waals surface area contributed by atoms with E-state index >= 15 is 0 Å². The zero-order valence-electron chi connectivity index (χ0n) is 15.7. The second kappa shape index (κ2) is 9.13. The van der Waals surface area contributed by atoms with Crippen LogP contribution in [0.4, 0.5) is 5.13 Å². The van der Waals surface area contributed by atoms with Gasteiger partial charge in [-0.25, -0.2) is 4.98 Å². The van der Waals surface area contributed by atoms with Gasteiger partial charge in [-0.3, -0.25) is 9.69 Å². The first-order valence-electron chi connectivity index (χ1n) is 9.58. The van der Waals surface area contributed by atoms with E-state index < -0.39 is 0 Å². The number of fused-ring (bicyclic) bond motifs is 4. The highest BCUT2D eigenvalue weighted by Crippen LogP contribution is 2.31. The Bertz CT molecular complexity index is 835. The maximum atomic E-state index is 13.1. The molecule has 1 N–H and O–H groups in total. The highest BCUT2D eigenvalue weighted by Gasteiger charge is 2.31. The van der Waals surface area contributed by atoms with Crippen molar-refractivity contribution in [1.82, 2.24) is 19.8 Å². The number of nitrogens with zero attached hydrogens (tertiary/aromatic N) is 4. The van der Waals surface area contributed by atoms with Crippen LogP contribution in [0.1, 0.15) is 23.6 Å². The summed E-state index contributed by atoms with van der Waals surface area (Å²) in [6.07, 6.45) is 3.09. The Kier molecular flexibility index (Phi) is 7.04. The van der Waals surface area contributed by atoms with Crippen LogP contribution in [-0.2, 0) is 13.1 Å². The molecule has 154 valence electrons. The summed E-state index contributed by atoms with van der Waals surface area (Å²) in [5, 5.41) is 6.65. The first-order chi connectivity index (χ1) is 12.8. The average Bonchev–Trinajstić information content (AvgIpc) is 3.20. The Hall–Kier alpha value is -1.12. The molecule has 5 heterocycles. The summed E-state index contributed by atoms with van der Waals surface area (Å²) >= 11 is 1.70. The van der Waals surface area contributed by atoms with Crippen LogP contribution < -0.4 is 15.8 Å². The molecule has 0 unspecified atom stereocenters. The molecule has 3 aliphatic rings. The number of piperidine rings is 1. The van der Waals surface area contributed by atoms with Crippen molar-refractivity contribution >= 4 is 41.3 Å². The molecule has 0 saturated carbocycles. The molecule has 2 saturated heterocycles. The molecule has 2 atom stereocenters. The molecule has 2 bridgehead atoms. The molecule has 0 radical (unpaired) electrons. The SMILES string of the molecule is Cl.Cl.O=c1c(CN2CCN(c3nccs3)CC2)ccc2n1C[C@@H]1CNC[C@H]2C1. The first kappa shape index (κ1) is 21.6. The van der Waals surface area contributed by atoms with E-state index in [0.29, 0.717) is 11.8 Å². The van der Waals surface area contributed by atoms with E-state index in [9.17, 15) is 4.79 Å². The maximum absolute atomic E-state index is 13.1. The molecule has 0 aliphatic carbocycles.